The van der Waals surface area contributed by atoms with Crippen LogP contribution in [-0.2, 0) is 9.53 Å². The highest BCUT2D eigenvalue weighted by Gasteiger charge is 2.15. The highest BCUT2D eigenvalue weighted by molar-refractivity contribution is 5.96. The molecule has 2 N–H and O–H groups in total. The SMILES string of the molecule is CC(NC(=O)CNC(=O)c1cc(F)cc(F)c1)c1ccc(N2CCOCC2)cc1. The predicted molar refractivity (Wildman–Crippen MR) is 105 cm³/mol. The average Bonchev–Trinajstić information content (AvgIpc) is 2.72. The first-order chi connectivity index (χ1) is 13.9. The van der Waals surface area contributed by atoms with E-state index in [1.165, 1.54) is 0 Å². The van der Waals surface area contributed by atoms with E-state index in [1.54, 1.807) is 0 Å². The molecule has 0 spiro atoms. The third-order valence-corrected chi connectivity index (χ3v) is 4.68. The Bertz CT molecular complexity index is 848. The van der Waals surface area contributed by atoms with E-state index in [4.69, 9.17) is 4.74 Å². The third-order valence-electron chi connectivity index (χ3n) is 4.68. The number of carbonyl (C=O) groups is 2. The van der Waals surface area contributed by atoms with Crippen LogP contribution in [0.4, 0.5) is 14.5 Å². The molecule has 1 saturated heterocycles. The summed E-state index contributed by atoms with van der Waals surface area (Å²) >= 11 is 0. The molecule has 2 aromatic carbocycles. The van der Waals surface area contributed by atoms with Crippen LogP contribution in [0.1, 0.15) is 28.9 Å². The number of carbonyl (C=O) groups excluding carboxylic acids is 2. The molecular weight excluding hydrogens is 380 g/mol. The Morgan fingerprint density at radius 1 is 1.07 bits per heavy atom. The van der Waals surface area contributed by atoms with Crippen LogP contribution in [0.15, 0.2) is 42.5 Å². The maximum atomic E-state index is 13.2. The van der Waals surface area contributed by atoms with Gasteiger partial charge in [-0.05, 0) is 36.8 Å². The molecule has 0 aliphatic carbocycles. The van der Waals surface area contributed by atoms with Crippen molar-refractivity contribution in [3.8, 4) is 0 Å². The van der Waals surface area contributed by atoms with Crippen molar-refractivity contribution in [2.45, 2.75) is 13.0 Å². The van der Waals surface area contributed by atoms with E-state index in [-0.39, 0.29) is 18.2 Å². The van der Waals surface area contributed by atoms with Crippen LogP contribution in [0.25, 0.3) is 0 Å². The van der Waals surface area contributed by atoms with Gasteiger partial charge in [0.15, 0.2) is 0 Å². The molecule has 1 aliphatic rings. The van der Waals surface area contributed by atoms with Gasteiger partial charge < -0.3 is 20.3 Å². The topological polar surface area (TPSA) is 70.7 Å². The van der Waals surface area contributed by atoms with Crippen LogP contribution in [0.3, 0.4) is 0 Å². The van der Waals surface area contributed by atoms with Crippen LogP contribution >= 0.6 is 0 Å². The average molecular weight is 403 g/mol. The molecule has 29 heavy (non-hydrogen) atoms. The molecule has 3 rings (SSSR count). The van der Waals surface area contributed by atoms with E-state index in [0.717, 1.165) is 36.5 Å². The summed E-state index contributed by atoms with van der Waals surface area (Å²) in [5, 5.41) is 5.15. The minimum atomic E-state index is -0.853. The zero-order chi connectivity index (χ0) is 20.8. The summed E-state index contributed by atoms with van der Waals surface area (Å²) in [5.74, 6) is -2.83. The number of amides is 2. The van der Waals surface area contributed by atoms with Gasteiger partial charge in [0.1, 0.15) is 11.6 Å². The van der Waals surface area contributed by atoms with Gasteiger partial charge >= 0.3 is 0 Å². The van der Waals surface area contributed by atoms with Gasteiger partial charge in [0, 0.05) is 30.4 Å². The van der Waals surface area contributed by atoms with Crippen molar-refractivity contribution in [3.63, 3.8) is 0 Å². The summed E-state index contributed by atoms with van der Waals surface area (Å²) in [6.45, 7) is 4.66. The number of nitrogens with zero attached hydrogens (tertiary/aromatic N) is 1. The normalized spacial score (nSPS) is 14.9. The first-order valence-corrected chi connectivity index (χ1v) is 9.38. The number of benzene rings is 2. The Hall–Kier alpha value is -3.00. The molecule has 1 heterocycles. The lowest BCUT2D eigenvalue weighted by atomic mass is 10.1. The van der Waals surface area contributed by atoms with E-state index in [1.807, 2.05) is 31.2 Å². The first-order valence-electron chi connectivity index (χ1n) is 9.38. The second-order valence-electron chi connectivity index (χ2n) is 6.82. The van der Waals surface area contributed by atoms with Crippen molar-refractivity contribution in [3.05, 3.63) is 65.2 Å². The quantitative estimate of drug-likeness (QED) is 0.777. The fourth-order valence-electron chi connectivity index (χ4n) is 3.12. The molecule has 8 heteroatoms. The molecule has 2 aromatic rings. The summed E-state index contributed by atoms with van der Waals surface area (Å²) in [6.07, 6.45) is 0. The summed E-state index contributed by atoms with van der Waals surface area (Å²) in [7, 11) is 0. The standard InChI is InChI=1S/C21H23F2N3O3/c1-14(15-2-4-19(5-3-15)26-6-8-29-9-7-26)25-20(27)13-24-21(28)16-10-17(22)12-18(23)11-16/h2-5,10-12,14H,6-9,13H2,1H3,(H,24,28)(H,25,27). The molecular formula is C21H23F2N3O3. The van der Waals surface area contributed by atoms with Gasteiger partial charge in [-0.25, -0.2) is 8.78 Å². The van der Waals surface area contributed by atoms with Crippen LogP contribution in [0.5, 0.6) is 0 Å². The monoisotopic (exact) mass is 403 g/mol. The Morgan fingerprint density at radius 2 is 1.69 bits per heavy atom. The number of morpholine rings is 1. The molecule has 1 aliphatic heterocycles. The van der Waals surface area contributed by atoms with E-state index in [9.17, 15) is 18.4 Å². The molecule has 2 amide bonds. The summed E-state index contributed by atoms with van der Waals surface area (Å²) < 4.78 is 31.7. The fourth-order valence-corrected chi connectivity index (χ4v) is 3.12. The maximum absolute atomic E-state index is 13.2. The third kappa shape index (κ3) is 5.74. The van der Waals surface area contributed by atoms with Crippen molar-refractivity contribution in [2.75, 3.05) is 37.7 Å². The van der Waals surface area contributed by atoms with Gasteiger partial charge in [-0.2, -0.15) is 0 Å². The van der Waals surface area contributed by atoms with Gasteiger partial charge in [-0.15, -0.1) is 0 Å². The van der Waals surface area contributed by atoms with E-state index in [2.05, 4.69) is 15.5 Å². The van der Waals surface area contributed by atoms with E-state index < -0.39 is 23.4 Å². The molecule has 1 atom stereocenters. The summed E-state index contributed by atoms with van der Waals surface area (Å²) in [4.78, 5) is 26.3. The second kappa shape index (κ2) is 9.47. The Balaban J connectivity index is 1.50. The summed E-state index contributed by atoms with van der Waals surface area (Å²) in [5.41, 5.74) is 1.85. The Kier molecular flexibility index (Phi) is 6.77. The molecule has 154 valence electrons. The summed E-state index contributed by atoms with van der Waals surface area (Å²) in [6, 6.07) is 10.1. The number of halogens is 2. The highest BCUT2D eigenvalue weighted by atomic mass is 19.1. The lowest BCUT2D eigenvalue weighted by molar-refractivity contribution is -0.120. The first kappa shape index (κ1) is 20.7. The number of anilines is 1. The Morgan fingerprint density at radius 3 is 2.31 bits per heavy atom. The van der Waals surface area contributed by atoms with E-state index >= 15 is 0 Å². The molecule has 1 unspecified atom stereocenters. The molecule has 1 fully saturated rings. The van der Waals surface area contributed by atoms with Gasteiger partial charge in [-0.3, -0.25) is 9.59 Å². The second-order valence-corrected chi connectivity index (χ2v) is 6.82. The zero-order valence-corrected chi connectivity index (χ0v) is 16.1. The lowest BCUT2D eigenvalue weighted by Gasteiger charge is -2.29. The molecule has 0 radical (unpaired) electrons. The maximum Gasteiger partial charge on any atom is 0.251 e. The number of hydrogen-bond acceptors (Lipinski definition) is 4. The van der Waals surface area contributed by atoms with Crippen LogP contribution in [0, 0.1) is 11.6 Å². The van der Waals surface area contributed by atoms with Crippen LogP contribution in [0.2, 0.25) is 0 Å². The lowest BCUT2D eigenvalue weighted by Crippen LogP contribution is -2.38. The Labute approximate surface area is 167 Å². The van der Waals surface area contributed by atoms with Gasteiger partial charge in [0.05, 0.1) is 25.8 Å². The van der Waals surface area contributed by atoms with Crippen molar-refractivity contribution in [1.82, 2.24) is 10.6 Å². The smallest absolute Gasteiger partial charge is 0.251 e. The van der Waals surface area contributed by atoms with Gasteiger partial charge in [-0.1, -0.05) is 12.1 Å². The van der Waals surface area contributed by atoms with Gasteiger partial charge in [0.2, 0.25) is 5.91 Å². The predicted octanol–water partition coefficient (Wildman–Crippen LogP) is 2.41. The molecule has 0 bridgehead atoms. The highest BCUT2D eigenvalue weighted by Crippen LogP contribution is 2.20. The minimum absolute atomic E-state index is 0.179. The molecule has 0 saturated carbocycles. The van der Waals surface area contributed by atoms with Crippen molar-refractivity contribution >= 4 is 17.5 Å². The largest absolute Gasteiger partial charge is 0.378 e. The molecule has 0 aromatic heterocycles. The van der Waals surface area contributed by atoms with Crippen molar-refractivity contribution in [2.24, 2.45) is 0 Å². The number of nitrogens with one attached hydrogen (secondary N) is 2. The fraction of sp³-hybridized carbons (Fsp3) is 0.333. The number of hydrogen-bond donors (Lipinski definition) is 2. The molecule has 6 nitrogen and oxygen atoms in total. The number of ether oxygens (including phenoxy) is 1. The zero-order valence-electron chi connectivity index (χ0n) is 16.1. The van der Waals surface area contributed by atoms with Gasteiger partial charge in [0.25, 0.3) is 5.91 Å². The van der Waals surface area contributed by atoms with E-state index in [0.29, 0.717) is 19.3 Å². The number of rotatable bonds is 6. The van der Waals surface area contributed by atoms with Crippen molar-refractivity contribution < 1.29 is 23.1 Å². The van der Waals surface area contributed by atoms with Crippen LogP contribution < -0.4 is 15.5 Å². The minimum Gasteiger partial charge on any atom is -0.378 e. The van der Waals surface area contributed by atoms with Crippen LogP contribution in [-0.4, -0.2) is 44.7 Å². The van der Waals surface area contributed by atoms with Crippen molar-refractivity contribution in [1.29, 1.82) is 0 Å².